The summed E-state index contributed by atoms with van der Waals surface area (Å²) in [6.45, 7) is -2.05. The van der Waals surface area contributed by atoms with Gasteiger partial charge in [0, 0.05) is 0 Å². The zero-order chi connectivity index (χ0) is 9.61. The number of halogens is 3. The quantitative estimate of drug-likeness (QED) is 0.431. The molecule has 0 bridgehead atoms. The SMILES string of the molecule is CCCCCN(C)C[B-](F)(F)F.[K+]. The molecule has 0 aromatic rings. The van der Waals surface area contributed by atoms with Crippen LogP contribution in [0.15, 0.2) is 0 Å². The molecule has 0 saturated carbocycles. The van der Waals surface area contributed by atoms with Crippen LogP contribution in [-0.4, -0.2) is 31.9 Å². The molecular formula is C7H16BF3KN. The fourth-order valence-corrected chi connectivity index (χ4v) is 1.08. The van der Waals surface area contributed by atoms with Crippen molar-refractivity contribution in [2.24, 2.45) is 0 Å². The molecule has 0 aliphatic heterocycles. The Morgan fingerprint density at radius 1 is 1.15 bits per heavy atom. The van der Waals surface area contributed by atoms with Gasteiger partial charge in [-0.2, -0.15) is 0 Å². The molecule has 1 nitrogen and oxygen atoms in total. The van der Waals surface area contributed by atoms with Gasteiger partial charge in [-0.05, 0) is 26.5 Å². The zero-order valence-corrected chi connectivity index (χ0v) is 11.8. The standard InChI is InChI=1S/C7H16BF3N.K/c1-3-4-5-6-12(2)7-8(9,10)11;/h3-7H2,1-2H3;/q-1;+1. The van der Waals surface area contributed by atoms with Crippen molar-refractivity contribution in [3.8, 4) is 0 Å². The summed E-state index contributed by atoms with van der Waals surface area (Å²) in [4.78, 5) is 1.34. The van der Waals surface area contributed by atoms with E-state index in [0.717, 1.165) is 19.3 Å². The summed E-state index contributed by atoms with van der Waals surface area (Å²) < 4.78 is 35.5. The van der Waals surface area contributed by atoms with Crippen LogP contribution in [0.3, 0.4) is 0 Å². The predicted molar refractivity (Wildman–Crippen MR) is 46.1 cm³/mol. The van der Waals surface area contributed by atoms with E-state index in [9.17, 15) is 12.9 Å². The van der Waals surface area contributed by atoms with Crippen LogP contribution in [0.5, 0.6) is 0 Å². The second kappa shape index (κ2) is 8.74. The van der Waals surface area contributed by atoms with Crippen molar-refractivity contribution in [2.45, 2.75) is 26.2 Å². The van der Waals surface area contributed by atoms with E-state index in [1.165, 1.54) is 11.9 Å². The number of hydrogen-bond acceptors (Lipinski definition) is 1. The molecule has 0 unspecified atom stereocenters. The monoisotopic (exact) mass is 221 g/mol. The van der Waals surface area contributed by atoms with E-state index in [4.69, 9.17) is 0 Å². The third-order valence-electron chi connectivity index (χ3n) is 1.66. The maximum absolute atomic E-state index is 11.8. The molecule has 0 aliphatic rings. The van der Waals surface area contributed by atoms with E-state index < -0.39 is 13.4 Å². The minimum atomic E-state index is -4.64. The van der Waals surface area contributed by atoms with Crippen molar-refractivity contribution in [3.05, 3.63) is 0 Å². The van der Waals surface area contributed by atoms with Gasteiger partial charge >= 0.3 is 58.4 Å². The minimum Gasteiger partial charge on any atom is -0.448 e. The summed E-state index contributed by atoms with van der Waals surface area (Å²) in [5, 5.41) is 0. The molecule has 0 atom stereocenters. The normalized spacial score (nSPS) is 11.5. The maximum atomic E-state index is 11.8. The Kier molecular flexibility index (Phi) is 11.3. The third kappa shape index (κ3) is 13.5. The van der Waals surface area contributed by atoms with Gasteiger partial charge < -0.3 is 17.8 Å². The van der Waals surface area contributed by atoms with Gasteiger partial charge in [0.2, 0.25) is 0 Å². The molecule has 0 aromatic carbocycles. The largest absolute Gasteiger partial charge is 1.00 e. The van der Waals surface area contributed by atoms with E-state index in [1.807, 2.05) is 6.92 Å². The Morgan fingerprint density at radius 3 is 2.08 bits per heavy atom. The molecule has 6 heteroatoms. The second-order valence-electron chi connectivity index (χ2n) is 3.18. The molecule has 0 saturated heterocycles. The summed E-state index contributed by atoms with van der Waals surface area (Å²) >= 11 is 0. The van der Waals surface area contributed by atoms with Crippen LogP contribution >= 0.6 is 0 Å². The number of nitrogens with zero attached hydrogens (tertiary/aromatic N) is 1. The zero-order valence-electron chi connectivity index (χ0n) is 8.69. The molecule has 0 N–H and O–H groups in total. The predicted octanol–water partition coefficient (Wildman–Crippen LogP) is -0.501. The first kappa shape index (κ1) is 16.9. The van der Waals surface area contributed by atoms with Gasteiger partial charge in [0.25, 0.3) is 0 Å². The number of hydrogen-bond donors (Lipinski definition) is 0. The number of rotatable bonds is 6. The van der Waals surface area contributed by atoms with Crippen LogP contribution in [0, 0.1) is 0 Å². The third-order valence-corrected chi connectivity index (χ3v) is 1.66. The van der Waals surface area contributed by atoms with Crippen LogP contribution in [0.25, 0.3) is 0 Å². The molecular weight excluding hydrogens is 205 g/mol. The van der Waals surface area contributed by atoms with Crippen molar-refractivity contribution < 1.29 is 64.3 Å². The van der Waals surface area contributed by atoms with Gasteiger partial charge in [-0.3, -0.25) is 0 Å². The van der Waals surface area contributed by atoms with Gasteiger partial charge in [-0.1, -0.05) is 19.8 Å². The van der Waals surface area contributed by atoms with Crippen molar-refractivity contribution in [2.75, 3.05) is 20.0 Å². The molecule has 0 aliphatic carbocycles. The fraction of sp³-hybridized carbons (Fsp3) is 1.00. The van der Waals surface area contributed by atoms with Gasteiger partial charge in [-0.25, -0.2) is 0 Å². The van der Waals surface area contributed by atoms with Crippen LogP contribution in [-0.2, 0) is 0 Å². The van der Waals surface area contributed by atoms with E-state index in [0.29, 0.717) is 6.54 Å². The molecule has 0 aromatic heterocycles. The number of unbranched alkanes of at least 4 members (excludes halogenated alkanes) is 2. The molecule has 0 amide bonds. The van der Waals surface area contributed by atoms with Crippen molar-refractivity contribution >= 4 is 6.98 Å². The molecule has 0 spiro atoms. The van der Waals surface area contributed by atoms with Crippen LogP contribution < -0.4 is 51.4 Å². The molecule has 0 fully saturated rings. The van der Waals surface area contributed by atoms with E-state index >= 15 is 0 Å². The van der Waals surface area contributed by atoms with Crippen molar-refractivity contribution in [1.82, 2.24) is 4.90 Å². The molecule has 0 rings (SSSR count). The Hall–Kier alpha value is 1.45. The molecule has 0 radical (unpaired) electrons. The van der Waals surface area contributed by atoms with E-state index in [2.05, 4.69) is 0 Å². The first-order valence-corrected chi connectivity index (χ1v) is 4.35. The average molecular weight is 221 g/mol. The maximum Gasteiger partial charge on any atom is 1.00 e. The average Bonchev–Trinajstić information content (AvgIpc) is 1.84. The smallest absolute Gasteiger partial charge is 0.448 e. The molecule has 13 heavy (non-hydrogen) atoms. The summed E-state index contributed by atoms with van der Waals surface area (Å²) in [5.74, 6) is 0. The van der Waals surface area contributed by atoms with Crippen LogP contribution in [0.2, 0.25) is 0 Å². The van der Waals surface area contributed by atoms with Gasteiger partial charge in [0.05, 0.1) is 0 Å². The summed E-state index contributed by atoms with van der Waals surface area (Å²) in [5.41, 5.74) is 0. The minimum absolute atomic E-state index is 0. The van der Waals surface area contributed by atoms with Gasteiger partial charge in [0.1, 0.15) is 0 Å². The van der Waals surface area contributed by atoms with E-state index in [-0.39, 0.29) is 51.4 Å². The van der Waals surface area contributed by atoms with Gasteiger partial charge in [-0.15, -0.1) is 0 Å². The Morgan fingerprint density at radius 2 is 1.69 bits per heavy atom. The summed E-state index contributed by atoms with van der Waals surface area (Å²) in [6, 6.07) is 0. The first-order chi connectivity index (χ1) is 5.45. The fourth-order valence-electron chi connectivity index (χ4n) is 1.08. The second-order valence-corrected chi connectivity index (χ2v) is 3.18. The topological polar surface area (TPSA) is 3.24 Å². The summed E-state index contributed by atoms with van der Waals surface area (Å²) in [7, 11) is 1.52. The van der Waals surface area contributed by atoms with Crippen molar-refractivity contribution in [3.63, 3.8) is 0 Å². The summed E-state index contributed by atoms with van der Waals surface area (Å²) in [6.07, 6.45) is 2.18. The van der Waals surface area contributed by atoms with Crippen LogP contribution in [0.4, 0.5) is 12.9 Å². The first-order valence-electron chi connectivity index (χ1n) is 4.35. The van der Waals surface area contributed by atoms with E-state index in [1.54, 1.807) is 0 Å². The Balaban J connectivity index is 0. The Bertz CT molecular complexity index is 121. The van der Waals surface area contributed by atoms with Crippen molar-refractivity contribution in [1.29, 1.82) is 0 Å². The molecule has 0 heterocycles. The van der Waals surface area contributed by atoms with Gasteiger partial charge in [0.15, 0.2) is 0 Å². The van der Waals surface area contributed by atoms with Crippen LogP contribution in [0.1, 0.15) is 26.2 Å². The Labute approximate surface area is 121 Å². The molecule has 74 valence electrons.